The van der Waals surface area contributed by atoms with Crippen molar-refractivity contribution in [1.82, 2.24) is 20.2 Å². The minimum absolute atomic E-state index is 0.598. The number of ether oxygens (including phenoxy) is 4. The number of H-pyrrole nitrogens is 1. The summed E-state index contributed by atoms with van der Waals surface area (Å²) in [5.74, 6) is -0.676. The fourth-order valence-electron chi connectivity index (χ4n) is 7.06. The van der Waals surface area contributed by atoms with Crippen molar-refractivity contribution in [2.75, 3.05) is 6.61 Å². The Bertz CT molecular complexity index is 1560. The molecule has 0 bridgehead atoms. The molecule has 16 atom stereocenters. The van der Waals surface area contributed by atoms with Crippen LogP contribution < -0.4 is 21.9 Å². The first kappa shape index (κ1) is 45.6. The third-order valence-electron chi connectivity index (χ3n) is 10.6. The molecular formula is C36H58N4O16. The predicted molar refractivity (Wildman–Crippen MR) is 193 cm³/mol. The number of aromatic amines is 1. The predicted octanol–water partition coefficient (Wildman–Crippen LogP) is -3.26. The molecule has 3 fully saturated rings. The van der Waals surface area contributed by atoms with E-state index < -0.39 is 128 Å². The molecule has 2 amide bonds. The topological polar surface area (TPSA) is 312 Å². The van der Waals surface area contributed by atoms with Crippen molar-refractivity contribution in [2.24, 2.45) is 5.92 Å². The molecule has 1 aromatic heterocycles. The van der Waals surface area contributed by atoms with E-state index in [9.17, 15) is 60.0 Å². The maximum Gasteiger partial charge on any atom is 0.330 e. The van der Waals surface area contributed by atoms with Gasteiger partial charge in [-0.15, -0.1) is 0 Å². The molecule has 4 heterocycles. The molecule has 0 radical (unpaired) electrons. The minimum atomic E-state index is -1.85. The number of aliphatic hydroxyl groups excluding tert-OH is 8. The van der Waals surface area contributed by atoms with Gasteiger partial charge >= 0.3 is 5.69 Å². The molecular weight excluding hydrogens is 744 g/mol. The molecule has 4 rings (SSSR count). The Morgan fingerprint density at radius 2 is 1.52 bits per heavy atom. The Balaban J connectivity index is 1.50. The van der Waals surface area contributed by atoms with Crippen LogP contribution in [0.25, 0.3) is 0 Å². The van der Waals surface area contributed by atoms with Crippen LogP contribution in [0.3, 0.4) is 0 Å². The molecule has 0 spiro atoms. The van der Waals surface area contributed by atoms with Crippen molar-refractivity contribution in [1.29, 1.82) is 0 Å². The summed E-state index contributed by atoms with van der Waals surface area (Å²) in [5, 5.41) is 91.2. The van der Waals surface area contributed by atoms with Crippen LogP contribution in [-0.4, -0.2) is 155 Å². The van der Waals surface area contributed by atoms with Gasteiger partial charge in [-0.3, -0.25) is 23.9 Å². The van der Waals surface area contributed by atoms with E-state index in [4.69, 9.17) is 18.9 Å². The number of allylic oxidation sites excluding steroid dienone is 1. The third-order valence-corrected chi connectivity index (χ3v) is 10.6. The molecule has 3 aliphatic rings. The van der Waals surface area contributed by atoms with Gasteiger partial charge in [0.05, 0.1) is 18.8 Å². The second-order valence-electron chi connectivity index (χ2n) is 14.8. The van der Waals surface area contributed by atoms with Gasteiger partial charge in [0.1, 0.15) is 60.9 Å². The Kier molecular flexibility index (Phi) is 17.1. The molecule has 0 aliphatic carbocycles. The zero-order valence-corrected chi connectivity index (χ0v) is 31.7. The van der Waals surface area contributed by atoms with Crippen molar-refractivity contribution in [2.45, 2.75) is 164 Å². The van der Waals surface area contributed by atoms with E-state index in [1.54, 1.807) is 6.08 Å². The van der Waals surface area contributed by atoms with Gasteiger partial charge in [-0.1, -0.05) is 52.0 Å². The highest BCUT2D eigenvalue weighted by atomic mass is 16.8. The summed E-state index contributed by atoms with van der Waals surface area (Å²) < 4.78 is 24.1. The number of rotatable bonds is 18. The van der Waals surface area contributed by atoms with Gasteiger partial charge in [-0.2, -0.15) is 0 Å². The van der Waals surface area contributed by atoms with Gasteiger partial charge in [-0.05, 0) is 24.8 Å². The van der Waals surface area contributed by atoms with Crippen molar-refractivity contribution in [3.63, 3.8) is 0 Å². The minimum Gasteiger partial charge on any atom is -0.394 e. The van der Waals surface area contributed by atoms with Crippen LogP contribution in [0.1, 0.15) is 78.4 Å². The fraction of sp³-hybridized carbons (Fsp3) is 0.778. The summed E-state index contributed by atoms with van der Waals surface area (Å²) in [5.41, 5.74) is -1.69. The summed E-state index contributed by atoms with van der Waals surface area (Å²) in [6.07, 6.45) is -11.6. The lowest BCUT2D eigenvalue weighted by Crippen LogP contribution is -2.68. The Labute approximate surface area is 323 Å². The number of carbonyl (C=O) groups is 2. The number of amides is 2. The highest BCUT2D eigenvalue weighted by Gasteiger charge is 2.53. The molecule has 11 N–H and O–H groups in total. The normalized spacial score (nSPS) is 36.0. The first-order valence-corrected chi connectivity index (χ1v) is 19.1. The zero-order valence-electron chi connectivity index (χ0n) is 31.7. The van der Waals surface area contributed by atoms with Crippen LogP contribution in [-0.2, 0) is 28.5 Å². The van der Waals surface area contributed by atoms with Gasteiger partial charge in [-0.25, -0.2) is 4.79 Å². The molecule has 3 saturated heterocycles. The molecule has 0 aromatic carbocycles. The lowest BCUT2D eigenvalue weighted by atomic mass is 9.91. The van der Waals surface area contributed by atoms with E-state index in [1.807, 2.05) is 4.98 Å². The number of nitrogens with zero attached hydrogens (tertiary/aromatic N) is 1. The zero-order chi connectivity index (χ0) is 41.3. The SMILES string of the molecule is CCC(C)CCCCCC/C=C/C(=O)N[C@H]1[C@H](O[C@H]2O[C@H](CO)[C@@H](O)[C@H](O)[C@H]2NC(C)=O)O[C@H](C[C@H](O)[C@H]2O[C@@H](n3ccc(=O)[nH]c3=O)[C@H](O)[C@@H]2O)[C@H](O)[C@@H]1O. The van der Waals surface area contributed by atoms with Crippen LogP contribution in [0.4, 0.5) is 0 Å². The van der Waals surface area contributed by atoms with Gasteiger partial charge in [0, 0.05) is 25.6 Å². The number of carbonyl (C=O) groups excluding carboxylic acids is 2. The van der Waals surface area contributed by atoms with Crippen LogP contribution in [0.5, 0.6) is 0 Å². The van der Waals surface area contributed by atoms with Crippen molar-refractivity contribution in [3.05, 3.63) is 45.3 Å². The summed E-state index contributed by atoms with van der Waals surface area (Å²) in [6, 6.07) is -2.01. The Hall–Kier alpha value is -3.12. The van der Waals surface area contributed by atoms with Crippen molar-refractivity contribution < 1.29 is 69.4 Å². The largest absolute Gasteiger partial charge is 0.394 e. The maximum atomic E-state index is 13.1. The average Bonchev–Trinajstić information content (AvgIpc) is 3.45. The lowest BCUT2D eigenvalue weighted by molar-refractivity contribution is -0.346. The van der Waals surface area contributed by atoms with Crippen LogP contribution in [0.2, 0.25) is 0 Å². The van der Waals surface area contributed by atoms with E-state index >= 15 is 0 Å². The standard InChI is InChI=1S/C36H58N4O16/c1-4-17(2)11-9-7-5-6-8-10-12-22(44)38-25-29(49)26(46)20(53-35(25)56-34-24(37-18(3)42)28(48)27(47)21(16-41)54-34)15-19(43)32-30(50)31(51)33(55-32)40-14-13-23(45)39-36(40)52/h10,12-14,17,19-21,24-35,41,43,46-51H,4-9,11,15-16H2,1-3H3,(H,37,42)(H,38,44)(H,39,45,52)/b12-10+/t17?,19-,20+,21+,24+,25+,26-,27+,28+,29+,30-,31+,32+,33+,34+,35-/m0/s1. The molecule has 3 aliphatic heterocycles. The van der Waals surface area contributed by atoms with E-state index in [0.717, 1.165) is 62.3 Å². The fourth-order valence-corrected chi connectivity index (χ4v) is 7.06. The van der Waals surface area contributed by atoms with Gasteiger partial charge in [0.25, 0.3) is 5.56 Å². The van der Waals surface area contributed by atoms with Crippen molar-refractivity contribution in [3.8, 4) is 0 Å². The van der Waals surface area contributed by atoms with Crippen LogP contribution in [0.15, 0.2) is 34.0 Å². The van der Waals surface area contributed by atoms with E-state index in [1.165, 1.54) is 6.08 Å². The van der Waals surface area contributed by atoms with E-state index in [-0.39, 0.29) is 0 Å². The van der Waals surface area contributed by atoms with Gasteiger partial charge in [0.15, 0.2) is 18.8 Å². The number of aromatic nitrogens is 2. The quantitative estimate of drug-likeness (QED) is 0.0513. The Morgan fingerprint density at radius 1 is 0.893 bits per heavy atom. The highest BCUT2D eigenvalue weighted by molar-refractivity contribution is 5.87. The second kappa shape index (κ2) is 21.0. The summed E-state index contributed by atoms with van der Waals surface area (Å²) in [6.45, 7) is 4.73. The molecule has 20 heteroatoms. The maximum absolute atomic E-state index is 13.1. The van der Waals surface area contributed by atoms with Crippen LogP contribution in [0, 0.1) is 5.92 Å². The van der Waals surface area contributed by atoms with Crippen LogP contribution >= 0.6 is 0 Å². The second-order valence-corrected chi connectivity index (χ2v) is 14.8. The molecule has 318 valence electrons. The smallest absolute Gasteiger partial charge is 0.330 e. The summed E-state index contributed by atoms with van der Waals surface area (Å²) in [7, 11) is 0. The van der Waals surface area contributed by atoms with Gasteiger partial charge < -0.3 is 70.4 Å². The number of aliphatic hydroxyl groups is 8. The third kappa shape index (κ3) is 11.5. The summed E-state index contributed by atoms with van der Waals surface area (Å²) in [4.78, 5) is 51.0. The molecule has 0 saturated carbocycles. The molecule has 56 heavy (non-hydrogen) atoms. The van der Waals surface area contributed by atoms with Gasteiger partial charge in [0.2, 0.25) is 11.8 Å². The molecule has 20 nitrogen and oxygen atoms in total. The van der Waals surface area contributed by atoms with Crippen molar-refractivity contribution >= 4 is 11.8 Å². The lowest BCUT2D eigenvalue weighted by Gasteiger charge is -2.47. The first-order chi connectivity index (χ1) is 26.6. The monoisotopic (exact) mass is 802 g/mol. The number of hydrogen-bond donors (Lipinski definition) is 11. The van der Waals surface area contributed by atoms with E-state index in [2.05, 4.69) is 24.5 Å². The number of unbranched alkanes of at least 4 members (excludes halogenated alkanes) is 4. The first-order valence-electron chi connectivity index (χ1n) is 19.1. The van der Waals surface area contributed by atoms with E-state index in [0.29, 0.717) is 12.3 Å². The number of nitrogens with one attached hydrogen (secondary N) is 3. The molecule has 1 aromatic rings. The molecule has 1 unspecified atom stereocenters. The highest BCUT2D eigenvalue weighted by Crippen LogP contribution is 2.34. The Morgan fingerprint density at radius 3 is 2.14 bits per heavy atom. The average molecular weight is 803 g/mol. The number of hydrogen-bond acceptors (Lipinski definition) is 16. The summed E-state index contributed by atoms with van der Waals surface area (Å²) >= 11 is 0.